The predicted molar refractivity (Wildman–Crippen MR) is 84.2 cm³/mol. The molecule has 1 saturated carbocycles. The summed E-state index contributed by atoms with van der Waals surface area (Å²) in [5, 5.41) is 1.12. The maximum Gasteiger partial charge on any atom is 0.163 e. The smallest absolute Gasteiger partial charge is 0.163 e. The van der Waals surface area contributed by atoms with Crippen LogP contribution < -0.4 is 0 Å². The summed E-state index contributed by atoms with van der Waals surface area (Å²) in [4.78, 5) is 0. The molecule has 0 bridgehead atoms. The zero-order chi connectivity index (χ0) is 14.9. The van der Waals surface area contributed by atoms with Crippen LogP contribution in [0.3, 0.4) is 0 Å². The number of rotatable bonds is 6. The van der Waals surface area contributed by atoms with Crippen LogP contribution in [-0.4, -0.2) is 23.8 Å². The molecule has 112 valence electrons. The van der Waals surface area contributed by atoms with Gasteiger partial charge < -0.3 is 9.47 Å². The molecule has 2 rings (SSSR count). The van der Waals surface area contributed by atoms with Crippen molar-refractivity contribution in [1.82, 2.24) is 0 Å². The SMILES string of the molecule is CCOC(OCC)C1C(c2cc(Cl)cc(Cl)c2)C1(Cl)Cl. The summed E-state index contributed by atoms with van der Waals surface area (Å²) in [5.74, 6) is -0.245. The van der Waals surface area contributed by atoms with E-state index in [1.807, 2.05) is 26.0 Å². The third-order valence-electron chi connectivity index (χ3n) is 3.31. The maximum absolute atomic E-state index is 6.40. The highest BCUT2D eigenvalue weighted by Gasteiger charge is 2.67. The van der Waals surface area contributed by atoms with Gasteiger partial charge in [0.1, 0.15) is 4.33 Å². The van der Waals surface area contributed by atoms with Gasteiger partial charge in [-0.3, -0.25) is 0 Å². The molecule has 1 aromatic carbocycles. The van der Waals surface area contributed by atoms with Gasteiger partial charge in [-0.25, -0.2) is 0 Å². The molecule has 0 aromatic heterocycles. The third-order valence-corrected chi connectivity index (χ3v) is 4.72. The van der Waals surface area contributed by atoms with Crippen molar-refractivity contribution in [1.29, 1.82) is 0 Å². The van der Waals surface area contributed by atoms with Crippen LogP contribution in [-0.2, 0) is 9.47 Å². The van der Waals surface area contributed by atoms with Crippen molar-refractivity contribution >= 4 is 46.4 Å². The van der Waals surface area contributed by atoms with E-state index in [-0.39, 0.29) is 11.8 Å². The van der Waals surface area contributed by atoms with E-state index in [2.05, 4.69) is 0 Å². The van der Waals surface area contributed by atoms with Crippen molar-refractivity contribution in [2.75, 3.05) is 13.2 Å². The van der Waals surface area contributed by atoms with E-state index in [1.165, 1.54) is 0 Å². The normalized spacial score (nSPS) is 24.1. The van der Waals surface area contributed by atoms with E-state index in [0.29, 0.717) is 23.3 Å². The fraction of sp³-hybridized carbons (Fsp3) is 0.571. The molecule has 6 heteroatoms. The maximum atomic E-state index is 6.40. The van der Waals surface area contributed by atoms with Gasteiger partial charge in [-0.2, -0.15) is 0 Å². The lowest BCUT2D eigenvalue weighted by Crippen LogP contribution is -2.22. The highest BCUT2D eigenvalue weighted by molar-refractivity contribution is 6.52. The second kappa shape index (κ2) is 6.60. The Labute approximate surface area is 139 Å². The summed E-state index contributed by atoms with van der Waals surface area (Å²) in [6, 6.07) is 5.33. The quantitative estimate of drug-likeness (QED) is 0.509. The van der Waals surface area contributed by atoms with Gasteiger partial charge >= 0.3 is 0 Å². The van der Waals surface area contributed by atoms with Gasteiger partial charge in [0.05, 0.1) is 5.92 Å². The summed E-state index contributed by atoms with van der Waals surface area (Å²) in [7, 11) is 0. The van der Waals surface area contributed by atoms with Gasteiger partial charge in [-0.1, -0.05) is 23.2 Å². The molecule has 1 fully saturated rings. The van der Waals surface area contributed by atoms with Crippen LogP contribution in [0.1, 0.15) is 25.3 Å². The Morgan fingerprint density at radius 1 is 1.05 bits per heavy atom. The molecule has 1 aliphatic carbocycles. The zero-order valence-corrected chi connectivity index (χ0v) is 14.2. The third kappa shape index (κ3) is 3.37. The molecular weight excluding hydrogens is 342 g/mol. The molecule has 0 saturated heterocycles. The number of benzene rings is 1. The molecule has 0 N–H and O–H groups in total. The number of halogens is 4. The Bertz CT molecular complexity index is 452. The van der Waals surface area contributed by atoms with E-state index in [1.54, 1.807) is 6.07 Å². The Kier molecular flexibility index (Phi) is 5.50. The van der Waals surface area contributed by atoms with Gasteiger partial charge in [-0.15, -0.1) is 23.2 Å². The minimum Gasteiger partial charge on any atom is -0.353 e. The summed E-state index contributed by atoms with van der Waals surface area (Å²) >= 11 is 24.9. The fourth-order valence-corrected chi connectivity index (χ4v) is 3.86. The van der Waals surface area contributed by atoms with Gasteiger partial charge in [-0.05, 0) is 37.6 Å². The molecule has 0 radical (unpaired) electrons. The summed E-state index contributed by atoms with van der Waals surface area (Å²) < 4.78 is 10.3. The average molecular weight is 358 g/mol. The molecule has 2 unspecified atom stereocenters. The van der Waals surface area contributed by atoms with Crippen LogP contribution in [0.15, 0.2) is 18.2 Å². The van der Waals surface area contributed by atoms with Crippen LogP contribution in [0, 0.1) is 5.92 Å². The summed E-state index contributed by atoms with van der Waals surface area (Å²) in [6.07, 6.45) is -0.428. The van der Waals surface area contributed by atoms with Gasteiger partial charge in [0, 0.05) is 29.2 Å². The Morgan fingerprint density at radius 2 is 1.55 bits per heavy atom. The molecule has 0 aliphatic heterocycles. The van der Waals surface area contributed by atoms with Gasteiger partial charge in [0.2, 0.25) is 0 Å². The Balaban J connectivity index is 2.24. The molecule has 1 aromatic rings. The summed E-state index contributed by atoms with van der Waals surface area (Å²) in [6.45, 7) is 4.88. The molecule has 1 aliphatic rings. The molecular formula is C14H16Cl4O2. The highest BCUT2D eigenvalue weighted by atomic mass is 35.5. The first-order valence-electron chi connectivity index (χ1n) is 6.48. The fourth-order valence-electron chi connectivity index (χ4n) is 2.46. The van der Waals surface area contributed by atoms with Gasteiger partial charge in [0.15, 0.2) is 6.29 Å². The largest absolute Gasteiger partial charge is 0.353 e. The minimum atomic E-state index is -0.928. The van der Waals surface area contributed by atoms with E-state index in [0.717, 1.165) is 5.56 Å². The Hall–Kier alpha value is 0.300. The van der Waals surface area contributed by atoms with Crippen molar-refractivity contribution in [3.8, 4) is 0 Å². The molecule has 20 heavy (non-hydrogen) atoms. The van der Waals surface area contributed by atoms with Crippen molar-refractivity contribution in [2.45, 2.75) is 30.4 Å². The number of hydrogen-bond acceptors (Lipinski definition) is 2. The molecule has 2 atom stereocenters. The van der Waals surface area contributed by atoms with Crippen molar-refractivity contribution in [3.05, 3.63) is 33.8 Å². The Morgan fingerprint density at radius 3 is 2.00 bits per heavy atom. The minimum absolute atomic E-state index is 0.106. The van der Waals surface area contributed by atoms with E-state index >= 15 is 0 Å². The first kappa shape index (κ1) is 16.7. The molecule has 0 spiro atoms. The molecule has 0 amide bonds. The molecule has 0 heterocycles. The van der Waals surface area contributed by atoms with E-state index in [9.17, 15) is 0 Å². The monoisotopic (exact) mass is 356 g/mol. The number of alkyl halides is 2. The lowest BCUT2D eigenvalue weighted by Gasteiger charge is -2.17. The van der Waals surface area contributed by atoms with Crippen molar-refractivity contribution in [3.63, 3.8) is 0 Å². The lowest BCUT2D eigenvalue weighted by atomic mass is 10.1. The second-order valence-corrected chi connectivity index (χ2v) is 6.98. The first-order chi connectivity index (χ1) is 9.41. The van der Waals surface area contributed by atoms with Crippen LogP contribution in [0.2, 0.25) is 10.0 Å². The van der Waals surface area contributed by atoms with Crippen molar-refractivity contribution in [2.24, 2.45) is 5.92 Å². The topological polar surface area (TPSA) is 18.5 Å². The van der Waals surface area contributed by atoms with E-state index < -0.39 is 10.6 Å². The predicted octanol–water partition coefficient (Wildman–Crippen LogP) is 5.28. The zero-order valence-electron chi connectivity index (χ0n) is 11.2. The number of ether oxygens (including phenoxy) is 2. The second-order valence-electron chi connectivity index (χ2n) is 4.66. The lowest BCUT2D eigenvalue weighted by molar-refractivity contribution is -0.149. The number of hydrogen-bond donors (Lipinski definition) is 0. The summed E-state index contributed by atoms with van der Waals surface area (Å²) in [5.41, 5.74) is 0.905. The first-order valence-corrected chi connectivity index (χ1v) is 8.00. The van der Waals surface area contributed by atoms with Crippen LogP contribution in [0.4, 0.5) is 0 Å². The average Bonchev–Trinajstić information content (AvgIpc) is 2.90. The van der Waals surface area contributed by atoms with Crippen LogP contribution >= 0.6 is 46.4 Å². The highest BCUT2D eigenvalue weighted by Crippen LogP contribution is 2.67. The van der Waals surface area contributed by atoms with Crippen LogP contribution in [0.25, 0.3) is 0 Å². The van der Waals surface area contributed by atoms with Crippen LogP contribution in [0.5, 0.6) is 0 Å². The molecule has 2 nitrogen and oxygen atoms in total. The van der Waals surface area contributed by atoms with Gasteiger partial charge in [0.25, 0.3) is 0 Å². The van der Waals surface area contributed by atoms with Crippen molar-refractivity contribution < 1.29 is 9.47 Å². The standard InChI is InChI=1S/C14H16Cl4O2/c1-3-19-13(20-4-2)12-11(14(12,17)18)8-5-9(15)7-10(16)6-8/h5-7,11-13H,3-4H2,1-2H3. The van der Waals surface area contributed by atoms with E-state index in [4.69, 9.17) is 55.9 Å².